The van der Waals surface area contributed by atoms with Gasteiger partial charge in [0.1, 0.15) is 56.0 Å². The Labute approximate surface area is 650 Å². The van der Waals surface area contributed by atoms with Crippen LogP contribution in [0.2, 0.25) is 10.4 Å². The lowest BCUT2D eigenvalue weighted by Gasteiger charge is -2.11. The van der Waals surface area contributed by atoms with Gasteiger partial charge < -0.3 is 61.8 Å². The molecule has 0 aliphatic carbocycles. The van der Waals surface area contributed by atoms with Gasteiger partial charge in [-0.25, -0.2) is 73.4 Å². The van der Waals surface area contributed by atoms with Crippen LogP contribution in [0.15, 0.2) is 169 Å². The SMILES string of the molecule is CCOC(=O)c1c[nH]c(=O)[nH]c1=O.CCOC(=O)c1cnc(Cl)nc1Cl.CCOC(=O)c1cnc(SC)nc1Nc1ccc2cn[nH]c2c1.CSc1ncc(C(=O)O)c(Nc2ccc3cn[nH]c3c2)n1.CSc1ncc(C(N)=O)c(Nc2ccc3cn[nH]c3c2)n1.Nc1ccc2cn[nH]c2c1.O=C(O)c1c[nH]c(=O)[nH]c1=O. The molecule has 112 heavy (non-hydrogen) atoms. The number of H-pyrrole nitrogens is 8. The summed E-state index contributed by atoms with van der Waals surface area (Å²) in [7, 11) is 0. The van der Waals surface area contributed by atoms with Crippen molar-refractivity contribution in [1.29, 1.82) is 0 Å². The largest absolute Gasteiger partial charge is 0.477 e. The van der Waals surface area contributed by atoms with Crippen molar-refractivity contribution in [2.45, 2.75) is 36.2 Å². The standard InChI is InChI=1S/C15H15N5O2S.C13H12N6OS.C13H11N5O2S.C7H6Cl2N2O2.C7H7N3.C7H8N2O4.C5H4N2O4/c1-3-22-14(21)11-8-16-15(23-2)19-13(11)18-10-5-4-9-7-17-20-12(9)6-10;1-21-13-15-6-9(11(14)20)12(18-13)17-8-3-2-7-5-16-19-10(7)4-8;1-21-13-14-6-9(12(19)20)11(17-13)16-8-3-2-7-5-15-18-10(7)4-8;1-2-13-6(12)4-3-10-7(9)11-5(4)8;8-6-2-1-5-4-9-10-7(5)3-6;1-2-13-6(11)4-3-8-7(12)9-5(4)10;8-3-2(4(9)10)1-6-5(11)7-3/h4-8H,3H2,1-2H3,(H,17,20)(H,16,18,19);2-6H,1H3,(H2,14,20)(H,16,19)(H,15,17,18);2-6H,1H3,(H,15,18)(H,19,20)(H,14,16,17);3H,2H2,1H3;1-4H,8H2,(H,9,10);3H,2H2,1H3,(H2,8,9,10,12);1H,(H,9,10)(H2,6,7,8,11). The number of carboxylic acid groups (broad SMARTS) is 2. The molecule has 45 heteroatoms. The van der Waals surface area contributed by atoms with Crippen LogP contribution in [-0.4, -0.2) is 185 Å². The minimum Gasteiger partial charge on any atom is -0.477 e. The van der Waals surface area contributed by atoms with Crippen LogP contribution in [0.25, 0.3) is 43.6 Å². The fraction of sp³-hybridized carbons (Fsp3) is 0.134. The molecule has 0 fully saturated rings. The van der Waals surface area contributed by atoms with E-state index in [1.54, 1.807) is 50.5 Å². The van der Waals surface area contributed by atoms with Crippen LogP contribution < -0.4 is 49.9 Å². The number of aromatic nitrogens is 20. The highest BCUT2D eigenvalue weighted by Crippen LogP contribution is 2.28. The van der Waals surface area contributed by atoms with E-state index in [-0.39, 0.29) is 51.7 Å². The third-order valence-electron chi connectivity index (χ3n) is 14.0. The molecule has 0 atom stereocenters. The fourth-order valence-electron chi connectivity index (χ4n) is 8.81. The molecule has 4 aromatic carbocycles. The maximum atomic E-state index is 12.1. The number of primary amides is 1. The van der Waals surface area contributed by atoms with Crippen molar-refractivity contribution in [2.24, 2.45) is 5.73 Å². The molecule has 0 aliphatic heterocycles. The number of nitrogen functional groups attached to an aromatic ring is 1. The second-order valence-electron chi connectivity index (χ2n) is 21.4. The molecule has 0 bridgehead atoms. The summed E-state index contributed by atoms with van der Waals surface area (Å²) in [6, 6.07) is 22.6. The second-order valence-corrected chi connectivity index (χ2v) is 24.4. The lowest BCUT2D eigenvalue weighted by atomic mass is 10.2. The Bertz CT molecular complexity index is 5800. The monoisotopic (exact) mass is 1620 g/mol. The number of hydrogen-bond acceptors (Lipinski definition) is 32. The van der Waals surface area contributed by atoms with Gasteiger partial charge in [-0.2, -0.15) is 20.4 Å². The van der Waals surface area contributed by atoms with Crippen molar-refractivity contribution in [2.75, 3.05) is 60.3 Å². The van der Waals surface area contributed by atoms with E-state index in [0.717, 1.165) is 78.8 Å². The third kappa shape index (κ3) is 23.8. The van der Waals surface area contributed by atoms with Crippen LogP contribution in [0.5, 0.6) is 0 Å². The molecule has 0 radical (unpaired) electrons. The van der Waals surface area contributed by atoms with Crippen LogP contribution >= 0.6 is 58.5 Å². The number of amides is 1. The molecule has 10 aromatic heterocycles. The molecule has 0 saturated heterocycles. The average molecular weight is 1630 g/mol. The Morgan fingerprint density at radius 1 is 0.446 bits per heavy atom. The molecule has 0 spiro atoms. The fourth-order valence-corrected chi connectivity index (χ4v) is 10.2. The van der Waals surface area contributed by atoms with Gasteiger partial charge >= 0.3 is 41.2 Å². The second kappa shape index (κ2) is 40.9. The molecule has 0 saturated carbocycles. The topological polar surface area (TPSA) is 608 Å². The van der Waals surface area contributed by atoms with Gasteiger partial charge in [-0.1, -0.05) is 46.9 Å². The highest BCUT2D eigenvalue weighted by molar-refractivity contribution is 7.98. The molecule has 578 valence electrons. The van der Waals surface area contributed by atoms with E-state index in [1.807, 2.05) is 102 Å². The number of halogens is 2. The molecule has 14 rings (SSSR count). The van der Waals surface area contributed by atoms with Gasteiger partial charge in [-0.15, -0.1) is 0 Å². The summed E-state index contributed by atoms with van der Waals surface area (Å²) in [6.45, 7) is 5.83. The smallest absolute Gasteiger partial charge is 0.345 e. The minimum absolute atomic E-state index is 0.00144. The zero-order valence-electron chi connectivity index (χ0n) is 59.0. The van der Waals surface area contributed by atoms with Gasteiger partial charge in [-0.05, 0) is 124 Å². The number of ether oxygens (including phenoxy) is 3. The molecule has 14 aromatic rings. The zero-order chi connectivity index (χ0) is 81.0. The van der Waals surface area contributed by atoms with E-state index < -0.39 is 63.8 Å². The number of aromatic amines is 8. The first-order chi connectivity index (χ1) is 53.8. The number of fused-ring (bicyclic) bond motifs is 4. The first kappa shape index (κ1) is 83.7. The quantitative estimate of drug-likeness (QED) is 0.00955. The van der Waals surface area contributed by atoms with E-state index in [9.17, 15) is 53.1 Å². The molecule has 0 aliphatic rings. The van der Waals surface area contributed by atoms with Crippen LogP contribution in [0.3, 0.4) is 0 Å². The van der Waals surface area contributed by atoms with E-state index >= 15 is 0 Å². The van der Waals surface area contributed by atoms with Crippen LogP contribution in [-0.2, 0) is 14.2 Å². The predicted molar refractivity (Wildman–Crippen MR) is 418 cm³/mol. The number of carboxylic acids is 2. The van der Waals surface area contributed by atoms with Crippen molar-refractivity contribution in [1.82, 2.24) is 101 Å². The number of nitrogens with zero attached hydrogens (tertiary/aromatic N) is 12. The van der Waals surface area contributed by atoms with Gasteiger partial charge in [0.2, 0.25) is 5.28 Å². The Balaban J connectivity index is 0.000000167. The number of benzene rings is 4. The predicted octanol–water partition coefficient (Wildman–Crippen LogP) is 8.54. The number of esters is 3. The first-order valence-electron chi connectivity index (χ1n) is 31.9. The molecule has 0 unspecified atom stereocenters. The summed E-state index contributed by atoms with van der Waals surface area (Å²) in [5, 5.41) is 59.8. The maximum absolute atomic E-state index is 12.1. The Kier molecular flexibility index (Phi) is 30.6. The number of anilines is 7. The number of nitrogens with one attached hydrogen (secondary N) is 11. The highest BCUT2D eigenvalue weighted by Gasteiger charge is 2.20. The number of carbonyl (C=O) groups excluding carboxylic acids is 4. The molecule has 40 nitrogen and oxygen atoms in total. The summed E-state index contributed by atoms with van der Waals surface area (Å²) in [6.07, 6.45) is 19.9. The molecule has 1 amide bonds. The number of thioether (sulfide) groups is 3. The zero-order valence-corrected chi connectivity index (χ0v) is 63.0. The van der Waals surface area contributed by atoms with Crippen molar-refractivity contribution in [3.63, 3.8) is 0 Å². The normalized spacial score (nSPS) is 10.3. The molecular formula is C67H63Cl2N25O15S3. The summed E-state index contributed by atoms with van der Waals surface area (Å²) < 4.78 is 14.3. The third-order valence-corrected chi connectivity index (χ3v) is 16.1. The van der Waals surface area contributed by atoms with E-state index in [2.05, 4.69) is 106 Å². The van der Waals surface area contributed by atoms with Crippen molar-refractivity contribution in [3.05, 3.63) is 220 Å². The van der Waals surface area contributed by atoms with Gasteiger partial charge in [0.05, 0.1) is 66.7 Å². The molecule has 17 N–H and O–H groups in total. The summed E-state index contributed by atoms with van der Waals surface area (Å²) >= 11 is 15.2. The van der Waals surface area contributed by atoms with Gasteiger partial charge in [0.15, 0.2) is 15.5 Å². The van der Waals surface area contributed by atoms with Crippen LogP contribution in [0, 0.1) is 0 Å². The number of nitrogens with two attached hydrogens (primary N) is 2. The summed E-state index contributed by atoms with van der Waals surface area (Å²) in [4.78, 5) is 150. The van der Waals surface area contributed by atoms with Gasteiger partial charge in [0.25, 0.3) is 17.0 Å². The minimum atomic E-state index is -1.37. The Morgan fingerprint density at radius 2 is 0.795 bits per heavy atom. The average Bonchev–Trinajstić information content (AvgIpc) is 1.32. The van der Waals surface area contributed by atoms with E-state index in [0.29, 0.717) is 39.3 Å². The lowest BCUT2D eigenvalue weighted by Crippen LogP contribution is -2.27. The van der Waals surface area contributed by atoms with Crippen LogP contribution in [0.4, 0.5) is 40.2 Å². The number of hydrogen-bond donors (Lipinski definition) is 15. The van der Waals surface area contributed by atoms with Crippen molar-refractivity contribution < 1.29 is 53.2 Å². The Morgan fingerprint density at radius 3 is 1.18 bits per heavy atom. The summed E-state index contributed by atoms with van der Waals surface area (Å²) in [5.74, 6) is -3.71. The van der Waals surface area contributed by atoms with E-state index in [4.69, 9.17) is 49.2 Å². The number of aromatic carboxylic acids is 2. The summed E-state index contributed by atoms with van der Waals surface area (Å²) in [5.41, 5.74) is 14.5. The maximum Gasteiger partial charge on any atom is 0.345 e. The number of rotatable bonds is 18. The highest BCUT2D eigenvalue weighted by atomic mass is 35.5. The molecule has 10 heterocycles. The van der Waals surface area contributed by atoms with E-state index in [1.165, 1.54) is 60.1 Å². The van der Waals surface area contributed by atoms with Crippen molar-refractivity contribution in [3.8, 4) is 0 Å². The molecular weight excluding hydrogens is 1560 g/mol. The number of carbonyl (C=O) groups is 6. The van der Waals surface area contributed by atoms with Gasteiger partial charge in [-0.3, -0.25) is 44.7 Å². The van der Waals surface area contributed by atoms with Gasteiger partial charge in [0, 0.05) is 81.5 Å². The van der Waals surface area contributed by atoms with Crippen LogP contribution in [0.1, 0.15) is 82.9 Å². The lowest BCUT2D eigenvalue weighted by molar-refractivity contribution is 0.0514. The Hall–Kier alpha value is -13.9. The first-order valence-corrected chi connectivity index (χ1v) is 36.4. The van der Waals surface area contributed by atoms with Crippen molar-refractivity contribution >= 4 is 178 Å².